The molecule has 1 unspecified atom stereocenters. The third-order valence-electron chi connectivity index (χ3n) is 2.48. The Morgan fingerprint density at radius 3 is 2.47 bits per heavy atom. The second-order valence-corrected chi connectivity index (χ2v) is 4.02. The zero-order valence-electron chi connectivity index (χ0n) is 11.5. The molecule has 0 radical (unpaired) electrons. The molecule has 0 bridgehead atoms. The van der Waals surface area contributed by atoms with Crippen molar-refractivity contribution in [3.05, 3.63) is 60.9 Å². The Morgan fingerprint density at radius 1 is 1.29 bits per heavy atom. The zero-order chi connectivity index (χ0) is 13.1. The van der Waals surface area contributed by atoms with E-state index in [1.165, 1.54) is 5.57 Å². The van der Waals surface area contributed by atoms with E-state index in [0.717, 1.165) is 6.42 Å². The van der Waals surface area contributed by atoms with Gasteiger partial charge in [0.2, 0.25) is 0 Å². The Hall–Kier alpha value is -1.50. The van der Waals surface area contributed by atoms with Crippen LogP contribution in [0.15, 0.2) is 60.9 Å². The van der Waals surface area contributed by atoms with Gasteiger partial charge in [-0.1, -0.05) is 56.0 Å². The van der Waals surface area contributed by atoms with Crippen LogP contribution in [-0.4, -0.2) is 5.54 Å². The van der Waals surface area contributed by atoms with Gasteiger partial charge in [-0.2, -0.15) is 0 Å². The van der Waals surface area contributed by atoms with Gasteiger partial charge in [0.05, 0.1) is 5.54 Å². The van der Waals surface area contributed by atoms with Gasteiger partial charge in [0.15, 0.2) is 0 Å². The SMILES string of the molecule is C=C/C=C(\C=C/C)C(C)(/C=C/C)N/C=C\CC. The van der Waals surface area contributed by atoms with Crippen LogP contribution in [0.4, 0.5) is 0 Å². The van der Waals surface area contributed by atoms with Gasteiger partial charge in [-0.3, -0.25) is 0 Å². The lowest BCUT2D eigenvalue weighted by Gasteiger charge is -2.28. The maximum Gasteiger partial charge on any atom is 0.0775 e. The molecule has 0 saturated heterocycles. The lowest BCUT2D eigenvalue weighted by atomic mass is 9.90. The van der Waals surface area contributed by atoms with E-state index in [1.54, 1.807) is 0 Å². The molecule has 1 N–H and O–H groups in total. The molecule has 0 fully saturated rings. The van der Waals surface area contributed by atoms with Crippen LogP contribution >= 0.6 is 0 Å². The van der Waals surface area contributed by atoms with E-state index in [0.29, 0.717) is 0 Å². The van der Waals surface area contributed by atoms with Crippen LogP contribution in [0.3, 0.4) is 0 Å². The molecule has 0 heterocycles. The molecule has 17 heavy (non-hydrogen) atoms. The fraction of sp³-hybridized carbons (Fsp3) is 0.375. The summed E-state index contributed by atoms with van der Waals surface area (Å²) in [5.41, 5.74) is 0.995. The summed E-state index contributed by atoms with van der Waals surface area (Å²) in [5.74, 6) is 0. The van der Waals surface area contributed by atoms with E-state index in [4.69, 9.17) is 0 Å². The quantitative estimate of drug-likeness (QED) is 0.501. The van der Waals surface area contributed by atoms with Crippen LogP contribution in [0.2, 0.25) is 0 Å². The Bertz CT molecular complexity index is 331. The Balaban J connectivity index is 5.20. The average Bonchev–Trinajstić information content (AvgIpc) is 2.29. The maximum atomic E-state index is 3.77. The molecule has 0 aliphatic rings. The lowest BCUT2D eigenvalue weighted by Crippen LogP contribution is -2.38. The number of rotatable bonds is 7. The van der Waals surface area contributed by atoms with E-state index in [2.05, 4.69) is 50.0 Å². The van der Waals surface area contributed by atoms with Crippen molar-refractivity contribution in [3.8, 4) is 0 Å². The third-order valence-corrected chi connectivity index (χ3v) is 2.48. The predicted molar refractivity (Wildman–Crippen MR) is 78.9 cm³/mol. The minimum Gasteiger partial charge on any atom is -0.379 e. The van der Waals surface area contributed by atoms with E-state index in [-0.39, 0.29) is 5.54 Å². The molecular formula is C16H25N. The summed E-state index contributed by atoms with van der Waals surface area (Å²) >= 11 is 0. The van der Waals surface area contributed by atoms with Crippen LogP contribution in [0.1, 0.15) is 34.1 Å². The smallest absolute Gasteiger partial charge is 0.0775 e. The molecular weight excluding hydrogens is 206 g/mol. The standard InChI is InChI=1S/C16H25N/c1-6-10-14-17-16(5,13-9-4)15(11-7-2)12-8-3/h7-14,17H,2,6H2,1,3-5H3/b12-8-,13-9+,14-10-,15-11+. The normalized spacial score (nSPS) is 16.8. The van der Waals surface area contributed by atoms with Gasteiger partial charge in [0, 0.05) is 0 Å². The second kappa shape index (κ2) is 8.63. The predicted octanol–water partition coefficient (Wildman–Crippen LogP) is 4.52. The summed E-state index contributed by atoms with van der Waals surface area (Å²) in [6.07, 6.45) is 17.4. The monoisotopic (exact) mass is 231 g/mol. The Morgan fingerprint density at radius 2 is 2.00 bits per heavy atom. The summed E-state index contributed by atoms with van der Waals surface area (Å²) in [6.45, 7) is 12.1. The molecule has 0 saturated carbocycles. The van der Waals surface area contributed by atoms with Gasteiger partial charge in [-0.15, -0.1) is 0 Å². The van der Waals surface area contributed by atoms with Crippen LogP contribution in [-0.2, 0) is 0 Å². The molecule has 0 aromatic heterocycles. The van der Waals surface area contributed by atoms with Crippen LogP contribution in [0.25, 0.3) is 0 Å². The van der Waals surface area contributed by atoms with E-state index in [9.17, 15) is 0 Å². The van der Waals surface area contributed by atoms with E-state index < -0.39 is 0 Å². The zero-order valence-corrected chi connectivity index (χ0v) is 11.5. The molecule has 1 nitrogen and oxygen atoms in total. The molecule has 0 aliphatic carbocycles. The van der Waals surface area contributed by atoms with Crippen molar-refractivity contribution in [1.29, 1.82) is 0 Å². The Labute approximate surface area is 106 Å². The minimum atomic E-state index is -0.193. The topological polar surface area (TPSA) is 12.0 Å². The van der Waals surface area contributed by atoms with E-state index >= 15 is 0 Å². The lowest BCUT2D eigenvalue weighted by molar-refractivity contribution is 0.592. The first-order valence-corrected chi connectivity index (χ1v) is 6.17. The van der Waals surface area contributed by atoms with Gasteiger partial charge in [0.1, 0.15) is 0 Å². The van der Waals surface area contributed by atoms with Crippen molar-refractivity contribution in [3.63, 3.8) is 0 Å². The summed E-state index contributed by atoms with van der Waals surface area (Å²) in [7, 11) is 0. The fourth-order valence-electron chi connectivity index (χ4n) is 1.62. The van der Waals surface area contributed by atoms with E-state index in [1.807, 2.05) is 38.3 Å². The van der Waals surface area contributed by atoms with Gasteiger partial charge >= 0.3 is 0 Å². The Kier molecular flexibility index (Phi) is 7.87. The molecule has 0 rings (SSSR count). The van der Waals surface area contributed by atoms with Gasteiger partial charge < -0.3 is 5.32 Å². The molecule has 1 atom stereocenters. The summed E-state index contributed by atoms with van der Waals surface area (Å²) in [6, 6.07) is 0. The molecule has 0 aliphatic heterocycles. The highest BCUT2D eigenvalue weighted by Gasteiger charge is 2.21. The number of hydrogen-bond donors (Lipinski definition) is 1. The largest absolute Gasteiger partial charge is 0.379 e. The van der Waals surface area contributed by atoms with Crippen LogP contribution in [0, 0.1) is 0 Å². The average molecular weight is 231 g/mol. The van der Waals surface area contributed by atoms with Crippen molar-refractivity contribution < 1.29 is 0 Å². The van der Waals surface area contributed by atoms with Gasteiger partial charge in [0.25, 0.3) is 0 Å². The highest BCUT2D eigenvalue weighted by molar-refractivity contribution is 5.38. The van der Waals surface area contributed by atoms with Gasteiger partial charge in [-0.05, 0) is 39.0 Å². The molecule has 94 valence electrons. The third kappa shape index (κ3) is 5.39. The van der Waals surface area contributed by atoms with Crippen LogP contribution in [0.5, 0.6) is 0 Å². The number of allylic oxidation sites excluding steroid dienone is 5. The summed E-state index contributed by atoms with van der Waals surface area (Å²) in [4.78, 5) is 0. The van der Waals surface area contributed by atoms with Crippen molar-refractivity contribution >= 4 is 0 Å². The minimum absolute atomic E-state index is 0.193. The highest BCUT2D eigenvalue weighted by atomic mass is 14.9. The highest BCUT2D eigenvalue weighted by Crippen LogP contribution is 2.20. The van der Waals surface area contributed by atoms with Crippen molar-refractivity contribution in [2.24, 2.45) is 0 Å². The summed E-state index contributed by atoms with van der Waals surface area (Å²) in [5, 5.41) is 3.43. The molecule has 0 aromatic carbocycles. The molecule has 0 spiro atoms. The van der Waals surface area contributed by atoms with Crippen LogP contribution < -0.4 is 5.32 Å². The number of nitrogens with one attached hydrogen (secondary N) is 1. The summed E-state index contributed by atoms with van der Waals surface area (Å²) < 4.78 is 0. The van der Waals surface area contributed by atoms with Crippen molar-refractivity contribution in [2.75, 3.05) is 0 Å². The first-order chi connectivity index (χ1) is 8.14. The maximum absolute atomic E-state index is 3.77. The molecule has 0 aromatic rings. The first-order valence-electron chi connectivity index (χ1n) is 6.17. The molecule has 1 heteroatoms. The van der Waals surface area contributed by atoms with Crippen molar-refractivity contribution in [1.82, 2.24) is 5.32 Å². The molecule has 0 amide bonds. The number of hydrogen-bond acceptors (Lipinski definition) is 1. The first kappa shape index (κ1) is 15.5. The second-order valence-electron chi connectivity index (χ2n) is 4.02. The fourth-order valence-corrected chi connectivity index (χ4v) is 1.62. The van der Waals surface area contributed by atoms with Gasteiger partial charge in [-0.25, -0.2) is 0 Å². The van der Waals surface area contributed by atoms with Crippen molar-refractivity contribution in [2.45, 2.75) is 39.7 Å².